The summed E-state index contributed by atoms with van der Waals surface area (Å²) in [7, 11) is 0. The van der Waals surface area contributed by atoms with E-state index >= 15 is 0 Å². The number of ether oxygens (including phenoxy) is 1. The van der Waals surface area contributed by atoms with Crippen molar-refractivity contribution >= 4 is 17.5 Å². The van der Waals surface area contributed by atoms with Crippen molar-refractivity contribution in [1.29, 1.82) is 0 Å². The van der Waals surface area contributed by atoms with Crippen LogP contribution in [-0.2, 0) is 4.79 Å². The maximum atomic E-state index is 11.5. The van der Waals surface area contributed by atoms with E-state index in [2.05, 4.69) is 5.32 Å². The molecule has 4 nitrogen and oxygen atoms in total. The Morgan fingerprint density at radius 3 is 2.89 bits per heavy atom. The van der Waals surface area contributed by atoms with Gasteiger partial charge in [0.25, 0.3) is 5.91 Å². The van der Waals surface area contributed by atoms with Gasteiger partial charge in [0.05, 0.1) is 6.10 Å². The topological polar surface area (TPSA) is 58.6 Å². The van der Waals surface area contributed by atoms with Crippen LogP contribution < -0.4 is 10.1 Å². The van der Waals surface area contributed by atoms with Gasteiger partial charge in [-0.15, -0.1) is 0 Å². The van der Waals surface area contributed by atoms with Gasteiger partial charge in [0.2, 0.25) is 0 Å². The molecule has 1 aromatic rings. The second-order valence-corrected chi connectivity index (χ2v) is 4.85. The van der Waals surface area contributed by atoms with Gasteiger partial charge in [0, 0.05) is 11.6 Å². The number of benzene rings is 1. The Kier molecular flexibility index (Phi) is 6.67. The normalized spacial score (nSPS) is 12.0. The third-order valence-electron chi connectivity index (χ3n) is 2.66. The summed E-state index contributed by atoms with van der Waals surface area (Å²) < 4.78 is 5.34. The number of amides is 1. The lowest BCUT2D eigenvalue weighted by Gasteiger charge is -2.11. The van der Waals surface area contributed by atoms with Crippen LogP contribution in [0.4, 0.5) is 0 Å². The van der Waals surface area contributed by atoms with Gasteiger partial charge in [0.15, 0.2) is 6.61 Å². The maximum absolute atomic E-state index is 11.5. The summed E-state index contributed by atoms with van der Waals surface area (Å²) in [5.41, 5.74) is 0.901. The number of aliphatic hydroxyl groups is 1. The van der Waals surface area contributed by atoms with Crippen molar-refractivity contribution in [3.63, 3.8) is 0 Å². The van der Waals surface area contributed by atoms with Crippen molar-refractivity contribution in [3.8, 4) is 5.75 Å². The highest BCUT2D eigenvalue weighted by molar-refractivity contribution is 6.31. The van der Waals surface area contributed by atoms with Crippen LogP contribution in [0.1, 0.15) is 25.3 Å². The standard InChI is InChI=1S/C14H20ClNO3/c1-3-4-11(17)8-16-14(18)9-19-12-5-6-13(15)10(2)7-12/h5-7,11,17H,3-4,8-9H2,1-2H3,(H,16,18). The van der Waals surface area contributed by atoms with Gasteiger partial charge < -0.3 is 15.2 Å². The van der Waals surface area contributed by atoms with E-state index in [9.17, 15) is 9.90 Å². The van der Waals surface area contributed by atoms with Crippen molar-refractivity contribution in [2.75, 3.05) is 13.2 Å². The van der Waals surface area contributed by atoms with Gasteiger partial charge in [-0.1, -0.05) is 24.9 Å². The summed E-state index contributed by atoms with van der Waals surface area (Å²) in [6.45, 7) is 4.04. The van der Waals surface area contributed by atoms with Gasteiger partial charge in [0.1, 0.15) is 5.75 Å². The number of aryl methyl sites for hydroxylation is 1. The van der Waals surface area contributed by atoms with Crippen molar-refractivity contribution in [3.05, 3.63) is 28.8 Å². The van der Waals surface area contributed by atoms with Crippen LogP contribution in [0.25, 0.3) is 0 Å². The van der Waals surface area contributed by atoms with Crippen LogP contribution in [0.2, 0.25) is 5.02 Å². The van der Waals surface area contributed by atoms with Crippen molar-refractivity contribution in [1.82, 2.24) is 5.32 Å². The Morgan fingerprint density at radius 1 is 1.53 bits per heavy atom. The van der Waals surface area contributed by atoms with E-state index in [0.717, 1.165) is 12.0 Å². The number of hydrogen-bond acceptors (Lipinski definition) is 3. The monoisotopic (exact) mass is 285 g/mol. The molecule has 0 radical (unpaired) electrons. The van der Waals surface area contributed by atoms with E-state index < -0.39 is 6.10 Å². The van der Waals surface area contributed by atoms with Crippen LogP contribution in [0.15, 0.2) is 18.2 Å². The maximum Gasteiger partial charge on any atom is 0.258 e. The molecule has 0 heterocycles. The summed E-state index contributed by atoms with van der Waals surface area (Å²) >= 11 is 5.89. The van der Waals surface area contributed by atoms with Crippen LogP contribution in [0.5, 0.6) is 5.75 Å². The number of carbonyl (C=O) groups excluding carboxylic acids is 1. The molecule has 1 rings (SSSR count). The number of hydrogen-bond donors (Lipinski definition) is 2. The molecule has 0 spiro atoms. The minimum absolute atomic E-state index is 0.0695. The SMILES string of the molecule is CCCC(O)CNC(=O)COc1ccc(Cl)c(C)c1. The van der Waals surface area contributed by atoms with E-state index in [1.54, 1.807) is 18.2 Å². The molecule has 0 aliphatic rings. The molecule has 1 atom stereocenters. The molecular formula is C14H20ClNO3. The molecule has 0 saturated heterocycles. The largest absolute Gasteiger partial charge is 0.484 e. The highest BCUT2D eigenvalue weighted by Gasteiger charge is 2.07. The van der Waals surface area contributed by atoms with E-state index in [1.165, 1.54) is 0 Å². The molecule has 106 valence electrons. The van der Waals surface area contributed by atoms with Crippen molar-refractivity contribution in [2.24, 2.45) is 0 Å². The zero-order valence-electron chi connectivity index (χ0n) is 11.3. The number of carbonyl (C=O) groups is 1. The number of halogens is 1. The number of nitrogens with one attached hydrogen (secondary N) is 1. The van der Waals surface area contributed by atoms with E-state index in [-0.39, 0.29) is 19.1 Å². The van der Waals surface area contributed by atoms with Crippen molar-refractivity contribution < 1.29 is 14.6 Å². The van der Waals surface area contributed by atoms with Gasteiger partial charge in [-0.2, -0.15) is 0 Å². The Balaban J connectivity index is 2.31. The minimum Gasteiger partial charge on any atom is -0.484 e. The lowest BCUT2D eigenvalue weighted by molar-refractivity contribution is -0.123. The third kappa shape index (κ3) is 5.94. The first-order chi connectivity index (χ1) is 9.02. The smallest absolute Gasteiger partial charge is 0.258 e. The molecule has 5 heteroatoms. The Bertz CT molecular complexity index is 423. The zero-order chi connectivity index (χ0) is 14.3. The molecule has 0 fully saturated rings. The molecule has 1 amide bonds. The second-order valence-electron chi connectivity index (χ2n) is 4.45. The molecule has 0 bridgehead atoms. The lowest BCUT2D eigenvalue weighted by atomic mass is 10.2. The average Bonchev–Trinajstić information content (AvgIpc) is 2.38. The van der Waals surface area contributed by atoms with Crippen LogP contribution in [-0.4, -0.2) is 30.3 Å². The van der Waals surface area contributed by atoms with E-state index in [1.807, 2.05) is 13.8 Å². The van der Waals surface area contributed by atoms with Crippen molar-refractivity contribution in [2.45, 2.75) is 32.8 Å². The number of rotatable bonds is 7. The first-order valence-electron chi connectivity index (χ1n) is 6.36. The molecule has 19 heavy (non-hydrogen) atoms. The molecule has 0 aliphatic carbocycles. The summed E-state index contributed by atoms with van der Waals surface area (Å²) in [6.07, 6.45) is 1.07. The first-order valence-corrected chi connectivity index (χ1v) is 6.74. The Hall–Kier alpha value is -1.26. The van der Waals surface area contributed by atoms with Gasteiger partial charge >= 0.3 is 0 Å². The fourth-order valence-electron chi connectivity index (χ4n) is 1.57. The molecular weight excluding hydrogens is 266 g/mol. The van der Waals surface area contributed by atoms with E-state index in [4.69, 9.17) is 16.3 Å². The van der Waals surface area contributed by atoms with Gasteiger partial charge in [-0.05, 0) is 37.1 Å². The highest BCUT2D eigenvalue weighted by Crippen LogP contribution is 2.20. The lowest BCUT2D eigenvalue weighted by Crippen LogP contribution is -2.35. The molecule has 2 N–H and O–H groups in total. The summed E-state index contributed by atoms with van der Waals surface area (Å²) in [5.74, 6) is 0.355. The van der Waals surface area contributed by atoms with Gasteiger partial charge in [-0.25, -0.2) is 0 Å². The Morgan fingerprint density at radius 2 is 2.26 bits per heavy atom. The summed E-state index contributed by atoms with van der Waals surface area (Å²) in [4.78, 5) is 11.5. The van der Waals surface area contributed by atoms with Gasteiger partial charge in [-0.3, -0.25) is 4.79 Å². The fourth-order valence-corrected chi connectivity index (χ4v) is 1.69. The quantitative estimate of drug-likeness (QED) is 0.808. The molecule has 0 aromatic heterocycles. The second kappa shape index (κ2) is 8.02. The predicted molar refractivity (Wildman–Crippen MR) is 75.6 cm³/mol. The molecule has 0 saturated carbocycles. The minimum atomic E-state index is -0.494. The Labute approximate surface area is 118 Å². The van der Waals surface area contributed by atoms with E-state index in [0.29, 0.717) is 17.2 Å². The highest BCUT2D eigenvalue weighted by atomic mass is 35.5. The molecule has 1 aromatic carbocycles. The first kappa shape index (κ1) is 15.8. The predicted octanol–water partition coefficient (Wildman–Crippen LogP) is 2.30. The molecule has 0 aliphatic heterocycles. The molecule has 1 unspecified atom stereocenters. The average molecular weight is 286 g/mol. The van der Waals surface area contributed by atoms with Crippen LogP contribution in [0.3, 0.4) is 0 Å². The van der Waals surface area contributed by atoms with Crippen LogP contribution in [0, 0.1) is 6.92 Å². The zero-order valence-corrected chi connectivity index (χ0v) is 12.0. The third-order valence-corrected chi connectivity index (χ3v) is 3.08. The summed E-state index contributed by atoms with van der Waals surface area (Å²) in [6, 6.07) is 5.23. The fraction of sp³-hybridized carbons (Fsp3) is 0.500. The summed E-state index contributed by atoms with van der Waals surface area (Å²) in [5, 5.41) is 12.8. The number of aliphatic hydroxyl groups excluding tert-OH is 1. The van der Waals surface area contributed by atoms with Crippen LogP contribution >= 0.6 is 11.6 Å².